The molecule has 0 aliphatic heterocycles. The van der Waals surface area contributed by atoms with E-state index in [0.717, 1.165) is 6.42 Å². The minimum Gasteiger partial charge on any atom is -0.478 e. The van der Waals surface area contributed by atoms with Gasteiger partial charge in [0.1, 0.15) is 0 Å². The monoisotopic (exact) mass is 235 g/mol. The molecule has 1 heterocycles. The molecule has 0 aliphatic rings. The summed E-state index contributed by atoms with van der Waals surface area (Å²) in [6.45, 7) is 4.43. The lowest BCUT2D eigenvalue weighted by Crippen LogP contribution is -2.01. The van der Waals surface area contributed by atoms with Crippen molar-refractivity contribution in [2.24, 2.45) is 0 Å². The molecule has 0 aromatic carbocycles. The first-order valence-electron chi connectivity index (χ1n) is 6.34. The fourth-order valence-corrected chi connectivity index (χ4v) is 1.59. The van der Waals surface area contributed by atoms with Gasteiger partial charge >= 0.3 is 0 Å². The highest BCUT2D eigenvalue weighted by Crippen LogP contribution is 2.11. The molecule has 0 unspecified atom stereocenters. The van der Waals surface area contributed by atoms with Crippen LogP contribution in [0.3, 0.4) is 0 Å². The Bertz CT molecular complexity index is 350. The molecule has 3 nitrogen and oxygen atoms in total. The van der Waals surface area contributed by atoms with Crippen molar-refractivity contribution >= 4 is 5.78 Å². The molecule has 0 amide bonds. The third-order valence-electron chi connectivity index (χ3n) is 2.64. The van der Waals surface area contributed by atoms with Gasteiger partial charge in [0.15, 0.2) is 5.78 Å². The van der Waals surface area contributed by atoms with Crippen LogP contribution in [0.2, 0.25) is 0 Å². The van der Waals surface area contributed by atoms with E-state index < -0.39 is 0 Å². The zero-order valence-corrected chi connectivity index (χ0v) is 10.7. The summed E-state index contributed by atoms with van der Waals surface area (Å²) in [6.07, 6.45) is 7.66. The molecule has 0 fully saturated rings. The summed E-state index contributed by atoms with van der Waals surface area (Å²) in [7, 11) is 0. The number of pyridine rings is 1. The summed E-state index contributed by atoms with van der Waals surface area (Å²) in [6, 6.07) is 3.41. The maximum Gasteiger partial charge on any atom is 0.213 e. The van der Waals surface area contributed by atoms with Crippen LogP contribution in [0, 0.1) is 0 Å². The highest BCUT2D eigenvalue weighted by atomic mass is 16.5. The van der Waals surface area contributed by atoms with Crippen LogP contribution in [-0.2, 0) is 0 Å². The van der Waals surface area contributed by atoms with Gasteiger partial charge in [0.25, 0.3) is 0 Å². The number of unbranched alkanes of at least 4 members (excludes halogenated alkanes) is 4. The molecule has 1 aromatic rings. The van der Waals surface area contributed by atoms with Crippen molar-refractivity contribution in [1.29, 1.82) is 0 Å². The van der Waals surface area contributed by atoms with Crippen molar-refractivity contribution in [3.63, 3.8) is 0 Å². The van der Waals surface area contributed by atoms with E-state index in [1.165, 1.54) is 25.7 Å². The molecule has 0 saturated carbocycles. The van der Waals surface area contributed by atoms with Gasteiger partial charge in [-0.05, 0) is 19.4 Å². The molecule has 17 heavy (non-hydrogen) atoms. The lowest BCUT2D eigenvalue weighted by molar-refractivity contribution is 0.101. The molecule has 1 rings (SSSR count). The maximum atomic E-state index is 11.2. The molecule has 0 atom stereocenters. The van der Waals surface area contributed by atoms with Crippen LogP contribution in [0.25, 0.3) is 0 Å². The van der Waals surface area contributed by atoms with Gasteiger partial charge < -0.3 is 4.74 Å². The number of aromatic nitrogens is 1. The average molecular weight is 235 g/mol. The topological polar surface area (TPSA) is 39.2 Å². The van der Waals surface area contributed by atoms with Gasteiger partial charge in [0, 0.05) is 17.8 Å². The van der Waals surface area contributed by atoms with E-state index in [-0.39, 0.29) is 5.78 Å². The van der Waals surface area contributed by atoms with Crippen molar-refractivity contribution in [1.82, 2.24) is 4.98 Å². The van der Waals surface area contributed by atoms with E-state index in [1.807, 2.05) is 0 Å². The number of nitrogens with zero attached hydrogens (tertiary/aromatic N) is 1. The highest BCUT2D eigenvalue weighted by molar-refractivity contribution is 5.94. The van der Waals surface area contributed by atoms with Crippen molar-refractivity contribution in [2.75, 3.05) is 6.61 Å². The van der Waals surface area contributed by atoms with Gasteiger partial charge in [-0.15, -0.1) is 0 Å². The smallest absolute Gasteiger partial charge is 0.213 e. The number of hydrogen-bond acceptors (Lipinski definition) is 3. The van der Waals surface area contributed by atoms with Crippen molar-refractivity contribution in [2.45, 2.75) is 46.0 Å². The van der Waals surface area contributed by atoms with Gasteiger partial charge in [-0.3, -0.25) is 4.79 Å². The van der Waals surface area contributed by atoms with E-state index in [4.69, 9.17) is 4.74 Å². The summed E-state index contributed by atoms with van der Waals surface area (Å²) >= 11 is 0. The van der Waals surface area contributed by atoms with Crippen molar-refractivity contribution in [3.8, 4) is 5.88 Å². The Kier molecular flexibility index (Phi) is 6.30. The summed E-state index contributed by atoms with van der Waals surface area (Å²) < 4.78 is 5.51. The molecule has 0 N–H and O–H groups in total. The van der Waals surface area contributed by atoms with Crippen molar-refractivity contribution in [3.05, 3.63) is 23.9 Å². The number of rotatable bonds is 8. The summed E-state index contributed by atoms with van der Waals surface area (Å²) in [5, 5.41) is 0. The van der Waals surface area contributed by atoms with E-state index in [0.29, 0.717) is 18.1 Å². The van der Waals surface area contributed by atoms with Gasteiger partial charge in [-0.1, -0.05) is 32.6 Å². The zero-order chi connectivity index (χ0) is 12.5. The van der Waals surface area contributed by atoms with E-state index >= 15 is 0 Å². The van der Waals surface area contributed by atoms with Gasteiger partial charge in [-0.2, -0.15) is 0 Å². The molecule has 1 aromatic heterocycles. The number of ether oxygens (including phenoxy) is 1. The first-order valence-corrected chi connectivity index (χ1v) is 6.34. The molecular formula is C14H21NO2. The molecule has 0 saturated heterocycles. The Morgan fingerprint density at radius 3 is 2.76 bits per heavy atom. The van der Waals surface area contributed by atoms with Crippen LogP contribution in [-0.4, -0.2) is 17.4 Å². The molecule has 3 heteroatoms. The van der Waals surface area contributed by atoms with Crippen LogP contribution in [0.15, 0.2) is 18.3 Å². The van der Waals surface area contributed by atoms with E-state index in [2.05, 4.69) is 11.9 Å². The maximum absolute atomic E-state index is 11.2. The molecule has 94 valence electrons. The Hall–Kier alpha value is -1.38. The Morgan fingerprint density at radius 2 is 2.06 bits per heavy atom. The summed E-state index contributed by atoms with van der Waals surface area (Å²) in [4.78, 5) is 15.2. The minimum absolute atomic E-state index is 0.0418. The molecule has 0 spiro atoms. The van der Waals surface area contributed by atoms with E-state index in [9.17, 15) is 4.79 Å². The highest BCUT2D eigenvalue weighted by Gasteiger charge is 2.02. The largest absolute Gasteiger partial charge is 0.478 e. The SMILES string of the molecule is CCCCCCCOc1cc(C(C)=O)ccn1. The zero-order valence-electron chi connectivity index (χ0n) is 10.7. The van der Waals surface area contributed by atoms with Gasteiger partial charge in [-0.25, -0.2) is 4.98 Å². The second-order valence-electron chi connectivity index (χ2n) is 4.20. The number of hydrogen-bond donors (Lipinski definition) is 0. The standard InChI is InChI=1S/C14H21NO2/c1-3-4-5-6-7-10-17-14-11-13(12(2)16)8-9-15-14/h8-9,11H,3-7,10H2,1-2H3. The van der Waals surface area contributed by atoms with Crippen LogP contribution in [0.4, 0.5) is 0 Å². The Balaban J connectivity index is 2.27. The van der Waals surface area contributed by atoms with Crippen LogP contribution < -0.4 is 4.74 Å². The first kappa shape index (κ1) is 13.7. The quantitative estimate of drug-likeness (QED) is 0.510. The van der Waals surface area contributed by atoms with Crippen molar-refractivity contribution < 1.29 is 9.53 Å². The minimum atomic E-state index is 0.0418. The lowest BCUT2D eigenvalue weighted by Gasteiger charge is -2.05. The predicted octanol–water partition coefficient (Wildman–Crippen LogP) is 3.63. The third kappa shape index (κ3) is 5.48. The second-order valence-corrected chi connectivity index (χ2v) is 4.20. The normalized spacial score (nSPS) is 10.2. The van der Waals surface area contributed by atoms with Crippen LogP contribution in [0.1, 0.15) is 56.3 Å². The Labute approximate surface area is 103 Å². The van der Waals surface area contributed by atoms with Gasteiger partial charge in [0.2, 0.25) is 5.88 Å². The molecule has 0 bridgehead atoms. The Morgan fingerprint density at radius 1 is 1.29 bits per heavy atom. The average Bonchev–Trinajstić information content (AvgIpc) is 2.34. The predicted molar refractivity (Wildman–Crippen MR) is 68.5 cm³/mol. The lowest BCUT2D eigenvalue weighted by atomic mass is 10.2. The van der Waals surface area contributed by atoms with Gasteiger partial charge in [0.05, 0.1) is 6.61 Å². The summed E-state index contributed by atoms with van der Waals surface area (Å²) in [5.41, 5.74) is 0.654. The molecule has 0 aliphatic carbocycles. The van der Waals surface area contributed by atoms with Crippen LogP contribution in [0.5, 0.6) is 5.88 Å². The fourth-order valence-electron chi connectivity index (χ4n) is 1.59. The first-order chi connectivity index (χ1) is 8.24. The molecular weight excluding hydrogens is 214 g/mol. The third-order valence-corrected chi connectivity index (χ3v) is 2.64. The number of ketones is 1. The summed E-state index contributed by atoms with van der Waals surface area (Å²) in [5.74, 6) is 0.591. The number of carbonyl (C=O) groups is 1. The van der Waals surface area contributed by atoms with E-state index in [1.54, 1.807) is 25.3 Å². The number of Topliss-reactive ketones (excluding diaryl/α,β-unsaturated/α-hetero) is 1. The number of carbonyl (C=O) groups excluding carboxylic acids is 1. The van der Waals surface area contributed by atoms with Crippen LogP contribution >= 0.6 is 0 Å². The fraction of sp³-hybridized carbons (Fsp3) is 0.571. The molecule has 0 radical (unpaired) electrons. The second kappa shape index (κ2) is 7.82.